The Morgan fingerprint density at radius 2 is 1.89 bits per heavy atom. The van der Waals surface area contributed by atoms with Gasteiger partial charge in [0.2, 0.25) is 0 Å². The normalized spacial score (nSPS) is 13.5. The second-order valence-electron chi connectivity index (χ2n) is 5.51. The first-order valence-electron chi connectivity index (χ1n) is 6.60. The van der Waals surface area contributed by atoms with Crippen LogP contribution in [0.3, 0.4) is 0 Å². The molecule has 4 heteroatoms. The lowest BCUT2D eigenvalue weighted by Gasteiger charge is -2.18. The van der Waals surface area contributed by atoms with Crippen molar-refractivity contribution < 1.29 is 0 Å². The predicted molar refractivity (Wildman–Crippen MR) is 75.0 cm³/mol. The lowest BCUT2D eigenvalue weighted by molar-refractivity contribution is 0.558. The number of fused-ring (bicyclic) bond motifs is 1. The first-order valence-corrected chi connectivity index (χ1v) is 6.60. The van der Waals surface area contributed by atoms with Gasteiger partial charge in [-0.25, -0.2) is 9.50 Å². The van der Waals surface area contributed by atoms with Crippen LogP contribution in [-0.2, 0) is 0 Å². The van der Waals surface area contributed by atoms with Gasteiger partial charge in [-0.05, 0) is 24.8 Å². The molecule has 1 N–H and O–H groups in total. The fourth-order valence-electron chi connectivity index (χ4n) is 1.72. The van der Waals surface area contributed by atoms with Gasteiger partial charge >= 0.3 is 0 Å². The topological polar surface area (TPSA) is 42.2 Å². The first-order chi connectivity index (χ1) is 8.49. The van der Waals surface area contributed by atoms with Crippen molar-refractivity contribution in [3.05, 3.63) is 24.2 Å². The average Bonchev–Trinajstić information content (AvgIpc) is 2.73. The fraction of sp³-hybridized carbons (Fsp3) is 0.571. The number of nitrogens with one attached hydrogen (secondary N) is 1. The van der Waals surface area contributed by atoms with Gasteiger partial charge in [-0.2, -0.15) is 5.10 Å². The Morgan fingerprint density at radius 1 is 1.17 bits per heavy atom. The zero-order valence-electron chi connectivity index (χ0n) is 11.8. The Labute approximate surface area is 108 Å². The summed E-state index contributed by atoms with van der Waals surface area (Å²) in [6, 6.07) is 2.51. The molecule has 2 aromatic heterocycles. The maximum Gasteiger partial charge on any atom is 0.152 e. The molecule has 0 aliphatic rings. The predicted octanol–water partition coefficient (Wildman–Crippen LogP) is 3.31. The van der Waals surface area contributed by atoms with Gasteiger partial charge in [0, 0.05) is 18.4 Å². The van der Waals surface area contributed by atoms with Gasteiger partial charge in [-0.1, -0.05) is 27.7 Å². The van der Waals surface area contributed by atoms with E-state index in [2.05, 4.69) is 56.1 Å². The summed E-state index contributed by atoms with van der Waals surface area (Å²) in [5.41, 5.74) is 2.15. The number of rotatable bonds is 4. The van der Waals surface area contributed by atoms with Crippen LogP contribution in [0.1, 0.15) is 46.2 Å². The van der Waals surface area contributed by atoms with Crippen LogP contribution < -0.4 is 5.32 Å². The molecule has 0 aromatic carbocycles. The van der Waals surface area contributed by atoms with E-state index in [9.17, 15) is 0 Å². The van der Waals surface area contributed by atoms with E-state index >= 15 is 0 Å². The minimum atomic E-state index is 0.390. The minimum absolute atomic E-state index is 0.390. The molecule has 0 radical (unpaired) electrons. The maximum absolute atomic E-state index is 4.56. The lowest BCUT2D eigenvalue weighted by atomic mass is 10.1. The molecule has 0 saturated heterocycles. The molecule has 0 bridgehead atoms. The Hall–Kier alpha value is -1.58. The molecule has 0 aliphatic carbocycles. The third-order valence-corrected chi connectivity index (χ3v) is 3.36. The molecule has 0 fully saturated rings. The van der Waals surface area contributed by atoms with Crippen LogP contribution in [0.5, 0.6) is 0 Å². The molecule has 0 amide bonds. The van der Waals surface area contributed by atoms with Gasteiger partial charge in [0.15, 0.2) is 5.82 Å². The minimum Gasteiger partial charge on any atom is -0.366 e. The third kappa shape index (κ3) is 2.47. The van der Waals surface area contributed by atoms with E-state index in [-0.39, 0.29) is 0 Å². The Balaban J connectivity index is 2.38. The van der Waals surface area contributed by atoms with Gasteiger partial charge in [0.25, 0.3) is 0 Å². The summed E-state index contributed by atoms with van der Waals surface area (Å²) in [6.07, 6.45) is 3.69. The van der Waals surface area contributed by atoms with Crippen LogP contribution in [0.4, 0.5) is 5.82 Å². The molecule has 0 aliphatic heterocycles. The van der Waals surface area contributed by atoms with Crippen molar-refractivity contribution in [1.29, 1.82) is 0 Å². The molecule has 4 nitrogen and oxygen atoms in total. The van der Waals surface area contributed by atoms with Crippen LogP contribution in [0.2, 0.25) is 0 Å². The zero-order valence-corrected chi connectivity index (χ0v) is 11.8. The van der Waals surface area contributed by atoms with Crippen LogP contribution in [0.15, 0.2) is 18.5 Å². The van der Waals surface area contributed by atoms with Crippen molar-refractivity contribution >= 4 is 11.3 Å². The Morgan fingerprint density at radius 3 is 2.50 bits per heavy atom. The van der Waals surface area contributed by atoms with Gasteiger partial charge in [0.1, 0.15) is 5.52 Å². The van der Waals surface area contributed by atoms with Crippen molar-refractivity contribution in [3.63, 3.8) is 0 Å². The average molecular weight is 246 g/mol. The third-order valence-electron chi connectivity index (χ3n) is 3.36. The monoisotopic (exact) mass is 246 g/mol. The van der Waals surface area contributed by atoms with E-state index in [1.165, 1.54) is 0 Å². The van der Waals surface area contributed by atoms with E-state index in [0.29, 0.717) is 17.9 Å². The van der Waals surface area contributed by atoms with Crippen molar-refractivity contribution in [2.75, 3.05) is 5.32 Å². The highest BCUT2D eigenvalue weighted by Gasteiger charge is 2.12. The van der Waals surface area contributed by atoms with Crippen LogP contribution >= 0.6 is 0 Å². The summed E-state index contributed by atoms with van der Waals surface area (Å²) < 4.78 is 1.90. The summed E-state index contributed by atoms with van der Waals surface area (Å²) >= 11 is 0. The number of hydrogen-bond acceptors (Lipinski definition) is 3. The summed E-state index contributed by atoms with van der Waals surface area (Å²) in [5.74, 6) is 1.91. The van der Waals surface area contributed by atoms with Gasteiger partial charge < -0.3 is 5.32 Å². The van der Waals surface area contributed by atoms with Crippen LogP contribution in [0.25, 0.3) is 5.52 Å². The number of nitrogens with zero attached hydrogens (tertiary/aromatic N) is 3. The van der Waals surface area contributed by atoms with Crippen molar-refractivity contribution in [2.45, 2.75) is 46.6 Å². The van der Waals surface area contributed by atoms with Gasteiger partial charge in [-0.3, -0.25) is 0 Å². The molecule has 98 valence electrons. The zero-order chi connectivity index (χ0) is 13.3. The summed E-state index contributed by atoms with van der Waals surface area (Å²) in [4.78, 5) is 4.43. The van der Waals surface area contributed by atoms with Gasteiger partial charge in [-0.15, -0.1) is 0 Å². The molecule has 2 heterocycles. The van der Waals surface area contributed by atoms with E-state index < -0.39 is 0 Å². The Kier molecular flexibility index (Phi) is 3.55. The standard InChI is InChI=1S/C14H22N4/c1-9(2)11(5)16-14-13-8-12(10(3)4)17-18(13)7-6-15-14/h6-11H,1-5H3,(H,15,16). The molecule has 0 saturated carbocycles. The SMILES string of the molecule is CC(C)c1cc2c(NC(C)C(C)C)nccn2n1. The van der Waals surface area contributed by atoms with E-state index in [4.69, 9.17) is 0 Å². The molecule has 1 unspecified atom stereocenters. The fourth-order valence-corrected chi connectivity index (χ4v) is 1.72. The summed E-state index contributed by atoms with van der Waals surface area (Å²) in [7, 11) is 0. The lowest BCUT2D eigenvalue weighted by Crippen LogP contribution is -2.22. The Bertz CT molecular complexity index is 528. The van der Waals surface area contributed by atoms with E-state index in [1.54, 1.807) is 6.20 Å². The molecular formula is C14H22N4. The molecule has 2 aromatic rings. The highest BCUT2D eigenvalue weighted by atomic mass is 15.2. The van der Waals surface area contributed by atoms with Crippen LogP contribution in [0, 0.1) is 5.92 Å². The number of hydrogen-bond donors (Lipinski definition) is 1. The smallest absolute Gasteiger partial charge is 0.152 e. The molecule has 18 heavy (non-hydrogen) atoms. The number of anilines is 1. The quantitative estimate of drug-likeness (QED) is 0.900. The van der Waals surface area contributed by atoms with Crippen molar-refractivity contribution in [3.8, 4) is 0 Å². The van der Waals surface area contributed by atoms with Crippen molar-refractivity contribution in [1.82, 2.24) is 14.6 Å². The van der Waals surface area contributed by atoms with Crippen LogP contribution in [-0.4, -0.2) is 20.6 Å². The molecule has 0 spiro atoms. The van der Waals surface area contributed by atoms with E-state index in [0.717, 1.165) is 17.0 Å². The van der Waals surface area contributed by atoms with E-state index in [1.807, 2.05) is 10.7 Å². The largest absolute Gasteiger partial charge is 0.366 e. The number of aromatic nitrogens is 3. The second kappa shape index (κ2) is 4.96. The summed E-state index contributed by atoms with van der Waals surface area (Å²) in [5, 5.41) is 8.03. The summed E-state index contributed by atoms with van der Waals surface area (Å²) in [6.45, 7) is 10.9. The highest BCUT2D eigenvalue weighted by Crippen LogP contribution is 2.21. The molecular weight excluding hydrogens is 224 g/mol. The highest BCUT2D eigenvalue weighted by molar-refractivity contribution is 5.68. The first kappa shape index (κ1) is 12.9. The van der Waals surface area contributed by atoms with Crippen molar-refractivity contribution in [2.24, 2.45) is 5.92 Å². The molecule has 2 rings (SSSR count). The van der Waals surface area contributed by atoms with Gasteiger partial charge in [0.05, 0.1) is 5.69 Å². The maximum atomic E-state index is 4.56. The molecule has 1 atom stereocenters. The second-order valence-corrected chi connectivity index (χ2v) is 5.51.